The highest BCUT2D eigenvalue weighted by molar-refractivity contribution is 7.14. The van der Waals surface area contributed by atoms with Crippen LogP contribution in [0.4, 0.5) is 5.00 Å². The Balaban J connectivity index is 2.11. The van der Waals surface area contributed by atoms with E-state index in [-0.39, 0.29) is 11.8 Å². The molecule has 1 N–H and O–H groups in total. The molecule has 3 heteroatoms. The summed E-state index contributed by atoms with van der Waals surface area (Å²) in [5.74, 6) is -0.000509. The van der Waals surface area contributed by atoms with Crippen molar-refractivity contribution in [1.29, 1.82) is 0 Å². The van der Waals surface area contributed by atoms with E-state index in [1.807, 2.05) is 54.8 Å². The van der Waals surface area contributed by atoms with Gasteiger partial charge in [-0.15, -0.1) is 11.3 Å². The lowest BCUT2D eigenvalue weighted by atomic mass is 9.96. The van der Waals surface area contributed by atoms with Crippen molar-refractivity contribution < 1.29 is 4.79 Å². The van der Waals surface area contributed by atoms with Crippen LogP contribution in [0.15, 0.2) is 47.8 Å². The molecular formula is C14H15NOS. The molecule has 1 aromatic heterocycles. The number of benzene rings is 1. The Morgan fingerprint density at radius 3 is 2.59 bits per heavy atom. The van der Waals surface area contributed by atoms with E-state index in [9.17, 15) is 4.79 Å². The van der Waals surface area contributed by atoms with Crippen LogP contribution in [0.2, 0.25) is 0 Å². The van der Waals surface area contributed by atoms with Crippen LogP contribution < -0.4 is 5.32 Å². The maximum absolute atomic E-state index is 12.1. The normalized spacial score (nSPS) is 12.1. The number of nitrogens with one attached hydrogen (secondary N) is 1. The molecular weight excluding hydrogens is 230 g/mol. The Hall–Kier alpha value is -1.61. The maximum atomic E-state index is 12.1. The fraction of sp³-hybridized carbons (Fsp3) is 0.214. The van der Waals surface area contributed by atoms with Crippen molar-refractivity contribution in [2.45, 2.75) is 19.3 Å². The third-order valence-corrected chi connectivity index (χ3v) is 3.48. The van der Waals surface area contributed by atoms with Crippen LogP contribution in [0, 0.1) is 0 Å². The molecule has 2 aromatic rings. The second-order valence-electron chi connectivity index (χ2n) is 3.84. The van der Waals surface area contributed by atoms with Gasteiger partial charge >= 0.3 is 0 Å². The Kier molecular flexibility index (Phi) is 3.94. The standard InChI is InChI=1S/C14H15NOS/c1-2-12(11-7-4-3-5-8-11)14(16)15-13-9-6-10-17-13/h3-10,12H,2H2,1H3,(H,15,16). The van der Waals surface area contributed by atoms with Gasteiger partial charge < -0.3 is 5.32 Å². The average molecular weight is 245 g/mol. The van der Waals surface area contributed by atoms with E-state index >= 15 is 0 Å². The van der Waals surface area contributed by atoms with Crippen molar-refractivity contribution >= 4 is 22.2 Å². The van der Waals surface area contributed by atoms with Crippen LogP contribution in [0.25, 0.3) is 0 Å². The molecule has 1 amide bonds. The fourth-order valence-electron chi connectivity index (χ4n) is 1.82. The SMILES string of the molecule is CCC(C(=O)Nc1cccs1)c1ccccc1. The van der Waals surface area contributed by atoms with Gasteiger partial charge in [-0.1, -0.05) is 37.3 Å². The Morgan fingerprint density at radius 2 is 2.00 bits per heavy atom. The van der Waals surface area contributed by atoms with Crippen molar-refractivity contribution in [2.75, 3.05) is 5.32 Å². The molecule has 1 unspecified atom stereocenters. The zero-order valence-electron chi connectivity index (χ0n) is 9.72. The molecule has 2 nitrogen and oxygen atoms in total. The van der Waals surface area contributed by atoms with Gasteiger partial charge in [-0.3, -0.25) is 4.79 Å². The number of amides is 1. The lowest BCUT2D eigenvalue weighted by Crippen LogP contribution is -2.20. The van der Waals surface area contributed by atoms with Crippen LogP contribution in [0.5, 0.6) is 0 Å². The van der Waals surface area contributed by atoms with E-state index in [2.05, 4.69) is 5.32 Å². The van der Waals surface area contributed by atoms with Crippen molar-refractivity contribution in [3.8, 4) is 0 Å². The number of thiophene rings is 1. The molecule has 0 saturated carbocycles. The largest absolute Gasteiger partial charge is 0.317 e. The van der Waals surface area contributed by atoms with Crippen LogP contribution in [-0.4, -0.2) is 5.91 Å². The third-order valence-electron chi connectivity index (χ3n) is 2.69. The van der Waals surface area contributed by atoms with E-state index < -0.39 is 0 Å². The first-order valence-electron chi connectivity index (χ1n) is 5.70. The molecule has 0 aliphatic carbocycles. The first kappa shape index (κ1) is 11.9. The van der Waals surface area contributed by atoms with E-state index in [0.717, 1.165) is 17.0 Å². The first-order chi connectivity index (χ1) is 8.31. The second-order valence-corrected chi connectivity index (χ2v) is 4.79. The van der Waals surface area contributed by atoms with E-state index in [1.165, 1.54) is 0 Å². The summed E-state index contributed by atoms with van der Waals surface area (Å²) in [5.41, 5.74) is 1.07. The molecule has 0 spiro atoms. The minimum Gasteiger partial charge on any atom is -0.317 e. The van der Waals surface area contributed by atoms with Crippen LogP contribution in [0.3, 0.4) is 0 Å². The number of carbonyl (C=O) groups excluding carboxylic acids is 1. The molecule has 88 valence electrons. The predicted molar refractivity (Wildman–Crippen MR) is 72.4 cm³/mol. The number of hydrogen-bond donors (Lipinski definition) is 1. The molecule has 1 heterocycles. The number of rotatable bonds is 4. The highest BCUT2D eigenvalue weighted by atomic mass is 32.1. The lowest BCUT2D eigenvalue weighted by Gasteiger charge is -2.14. The number of carbonyl (C=O) groups is 1. The molecule has 1 atom stereocenters. The fourth-order valence-corrected chi connectivity index (χ4v) is 2.44. The molecule has 0 fully saturated rings. The summed E-state index contributed by atoms with van der Waals surface area (Å²) < 4.78 is 0. The summed E-state index contributed by atoms with van der Waals surface area (Å²) >= 11 is 1.54. The molecule has 0 saturated heterocycles. The zero-order chi connectivity index (χ0) is 12.1. The van der Waals surface area contributed by atoms with Crippen LogP contribution >= 0.6 is 11.3 Å². The van der Waals surface area contributed by atoms with Crippen LogP contribution in [-0.2, 0) is 4.79 Å². The molecule has 17 heavy (non-hydrogen) atoms. The molecule has 2 rings (SSSR count). The highest BCUT2D eigenvalue weighted by Crippen LogP contribution is 2.23. The zero-order valence-corrected chi connectivity index (χ0v) is 10.5. The van der Waals surface area contributed by atoms with Gasteiger partial charge in [-0.05, 0) is 29.5 Å². The van der Waals surface area contributed by atoms with Gasteiger partial charge in [0.2, 0.25) is 5.91 Å². The predicted octanol–water partition coefficient (Wildman–Crippen LogP) is 3.88. The van der Waals surface area contributed by atoms with Crippen molar-refractivity contribution in [3.05, 3.63) is 53.4 Å². The Morgan fingerprint density at radius 1 is 1.24 bits per heavy atom. The van der Waals surface area contributed by atoms with Gasteiger partial charge in [0.05, 0.1) is 10.9 Å². The quantitative estimate of drug-likeness (QED) is 0.870. The number of hydrogen-bond acceptors (Lipinski definition) is 2. The van der Waals surface area contributed by atoms with Gasteiger partial charge in [0.25, 0.3) is 0 Å². The summed E-state index contributed by atoms with van der Waals surface area (Å²) in [6.45, 7) is 2.03. The summed E-state index contributed by atoms with van der Waals surface area (Å²) in [4.78, 5) is 12.1. The molecule has 1 aromatic carbocycles. The Bertz CT molecular complexity index is 464. The van der Waals surface area contributed by atoms with Gasteiger partial charge in [0.15, 0.2) is 0 Å². The smallest absolute Gasteiger partial charge is 0.232 e. The lowest BCUT2D eigenvalue weighted by molar-refractivity contribution is -0.117. The second kappa shape index (κ2) is 5.64. The molecule has 0 aliphatic rings. The molecule has 0 aliphatic heterocycles. The van der Waals surface area contributed by atoms with Crippen LogP contribution in [0.1, 0.15) is 24.8 Å². The van der Waals surface area contributed by atoms with E-state index in [4.69, 9.17) is 0 Å². The van der Waals surface area contributed by atoms with Gasteiger partial charge in [-0.2, -0.15) is 0 Å². The summed E-state index contributed by atoms with van der Waals surface area (Å²) in [7, 11) is 0. The van der Waals surface area contributed by atoms with E-state index in [0.29, 0.717) is 0 Å². The minimum atomic E-state index is -0.0710. The number of anilines is 1. The van der Waals surface area contributed by atoms with Gasteiger partial charge in [-0.25, -0.2) is 0 Å². The summed E-state index contributed by atoms with van der Waals surface area (Å²) in [6.07, 6.45) is 0.807. The van der Waals surface area contributed by atoms with Crippen molar-refractivity contribution in [2.24, 2.45) is 0 Å². The third kappa shape index (κ3) is 2.94. The van der Waals surface area contributed by atoms with Crippen molar-refractivity contribution in [1.82, 2.24) is 0 Å². The Labute approximate surface area is 105 Å². The summed E-state index contributed by atoms with van der Waals surface area (Å²) in [6, 6.07) is 13.8. The first-order valence-corrected chi connectivity index (χ1v) is 6.58. The maximum Gasteiger partial charge on any atom is 0.232 e. The van der Waals surface area contributed by atoms with E-state index in [1.54, 1.807) is 11.3 Å². The minimum absolute atomic E-state index is 0.0705. The topological polar surface area (TPSA) is 29.1 Å². The summed E-state index contributed by atoms with van der Waals surface area (Å²) in [5, 5.41) is 5.82. The van der Waals surface area contributed by atoms with Gasteiger partial charge in [0, 0.05) is 0 Å². The van der Waals surface area contributed by atoms with Gasteiger partial charge in [0.1, 0.15) is 0 Å². The average Bonchev–Trinajstić information content (AvgIpc) is 2.84. The monoisotopic (exact) mass is 245 g/mol. The highest BCUT2D eigenvalue weighted by Gasteiger charge is 2.18. The molecule has 0 bridgehead atoms. The van der Waals surface area contributed by atoms with Crippen molar-refractivity contribution in [3.63, 3.8) is 0 Å². The molecule has 0 radical (unpaired) electrons.